The maximum absolute atomic E-state index is 0. The molecule has 8 heteroatoms. The first-order valence-electron chi connectivity index (χ1n) is 0. The van der Waals surface area contributed by atoms with E-state index >= 15 is 0 Å². The molecule has 0 amide bonds. The summed E-state index contributed by atoms with van der Waals surface area (Å²) in [4.78, 5) is 0. The predicted octanol–water partition coefficient (Wildman–Crippen LogP) is -7.68. The van der Waals surface area contributed by atoms with E-state index in [9.17, 15) is 0 Å². The average Bonchev–Trinajstić information content (AvgIpc) is 0. The Morgan fingerprint density at radius 3 is 0.375 bits per heavy atom. The van der Waals surface area contributed by atoms with Crippen LogP contribution in [0.3, 0.4) is 0 Å². The molecule has 0 fully saturated rings. The van der Waals surface area contributed by atoms with Gasteiger partial charge in [-0.25, -0.2) is 0 Å². The first kappa shape index (κ1) is 147. The average molecular weight is 279 g/mol. The van der Waals surface area contributed by atoms with Gasteiger partial charge in [0.1, 0.15) is 0 Å². The van der Waals surface area contributed by atoms with Crippen molar-refractivity contribution in [3.05, 3.63) is 0 Å². The molecule has 0 aliphatic carbocycles. The van der Waals surface area contributed by atoms with Crippen molar-refractivity contribution in [2.45, 2.75) is 0 Å². The van der Waals surface area contributed by atoms with Crippen LogP contribution in [0.4, 0.5) is 0 Å². The molecule has 0 N–H and O–H groups in total. The normalized spacial score (nSPS) is 0. The number of rotatable bonds is 0. The van der Waals surface area contributed by atoms with E-state index < -0.39 is 0 Å². The van der Waals surface area contributed by atoms with Crippen molar-refractivity contribution < 1.29 is 37.2 Å². The molecule has 0 radical (unpaired) electrons. The second-order valence-electron chi connectivity index (χ2n) is 0. The van der Waals surface area contributed by atoms with Gasteiger partial charge >= 0.3 is 17.4 Å². The number of halogens is 7. The number of hydrogen-bond acceptors (Lipinski definition) is 0. The van der Waals surface area contributed by atoms with E-state index in [2.05, 4.69) is 0 Å². The van der Waals surface area contributed by atoms with Crippen LogP contribution in [-0.2, 0) is 0 Å². The van der Waals surface area contributed by atoms with Gasteiger partial charge in [0.25, 0.3) is 0 Å². The molecule has 0 aliphatic heterocycles. The third-order valence-corrected chi connectivity index (χ3v) is 0. The van der Waals surface area contributed by atoms with Gasteiger partial charge in [0.2, 0.25) is 0 Å². The molecule has 0 saturated heterocycles. The van der Waals surface area contributed by atoms with Crippen LogP contribution in [-0.4, -0.2) is 17.4 Å². The Bertz CT molecular complexity index is 4.35. The second-order valence-corrected chi connectivity index (χ2v) is 0. The molecule has 0 rings (SSSR count). The largest absolute Gasteiger partial charge is 3.00 e. The number of hydrogen-bond donors (Lipinski definition) is 0. The van der Waals surface area contributed by atoms with E-state index in [0.717, 1.165) is 0 Å². The zero-order chi connectivity index (χ0) is 0. The molecule has 0 saturated carbocycles. The molecule has 0 spiro atoms. The molecular formula is H4AlCl7. The predicted molar refractivity (Wildman–Crippen MR) is 34.7 cm³/mol. The van der Waals surface area contributed by atoms with Crippen molar-refractivity contribution in [2.75, 3.05) is 0 Å². The van der Waals surface area contributed by atoms with Crippen molar-refractivity contribution in [3.63, 3.8) is 0 Å². The SMILES string of the molecule is Cl.Cl.Cl.Cl.[Al+3].[Cl-].[Cl-].[Cl-]. The third-order valence-electron chi connectivity index (χ3n) is 0. The summed E-state index contributed by atoms with van der Waals surface area (Å²) in [5, 5.41) is 0. The Balaban J connectivity index is 0. The fourth-order valence-electron chi connectivity index (χ4n) is 0. The fraction of sp³-hybridized carbons (Fsp3) is 0. The maximum atomic E-state index is 0. The first-order valence-corrected chi connectivity index (χ1v) is 0. The van der Waals surface area contributed by atoms with Crippen LogP contribution >= 0.6 is 49.6 Å². The van der Waals surface area contributed by atoms with Crippen molar-refractivity contribution in [3.8, 4) is 0 Å². The zero-order valence-corrected chi connectivity index (χ0v) is 10.0. The van der Waals surface area contributed by atoms with Gasteiger partial charge in [-0.1, -0.05) is 0 Å². The smallest absolute Gasteiger partial charge is 1.00 e. The molecule has 0 heterocycles. The molecule has 0 aliphatic rings. The van der Waals surface area contributed by atoms with Crippen molar-refractivity contribution in [1.82, 2.24) is 0 Å². The third kappa shape index (κ3) is 74.6. The van der Waals surface area contributed by atoms with Crippen LogP contribution in [0.5, 0.6) is 0 Å². The van der Waals surface area contributed by atoms with E-state index in [1.54, 1.807) is 0 Å². The van der Waals surface area contributed by atoms with Crippen LogP contribution in [0.15, 0.2) is 0 Å². The minimum absolute atomic E-state index is 0. The molecule has 8 heavy (non-hydrogen) atoms. The van der Waals surface area contributed by atoms with Gasteiger partial charge in [-0.2, -0.15) is 0 Å². The zero-order valence-electron chi connectivity index (χ0n) is 3.34. The Morgan fingerprint density at radius 1 is 0.375 bits per heavy atom. The molecule has 0 aromatic carbocycles. The summed E-state index contributed by atoms with van der Waals surface area (Å²) in [6.07, 6.45) is 0. The summed E-state index contributed by atoms with van der Waals surface area (Å²) in [5.74, 6) is 0. The van der Waals surface area contributed by atoms with Gasteiger partial charge in [0, 0.05) is 0 Å². The molecule has 0 aromatic rings. The molecule has 0 nitrogen and oxygen atoms in total. The molecule has 0 aromatic heterocycles. The van der Waals surface area contributed by atoms with E-state index in [1.807, 2.05) is 0 Å². The summed E-state index contributed by atoms with van der Waals surface area (Å²) in [5.41, 5.74) is 0. The molecule has 0 bridgehead atoms. The van der Waals surface area contributed by atoms with Crippen LogP contribution in [0.25, 0.3) is 0 Å². The molecule has 0 unspecified atom stereocenters. The fourth-order valence-corrected chi connectivity index (χ4v) is 0. The van der Waals surface area contributed by atoms with Crippen molar-refractivity contribution in [1.29, 1.82) is 0 Å². The Labute approximate surface area is 103 Å². The first-order chi connectivity index (χ1) is 0. The van der Waals surface area contributed by atoms with E-state index in [0.29, 0.717) is 0 Å². The topological polar surface area (TPSA) is 0 Å². The van der Waals surface area contributed by atoms with Crippen molar-refractivity contribution in [2.24, 2.45) is 0 Å². The van der Waals surface area contributed by atoms with Gasteiger partial charge in [0.15, 0.2) is 0 Å². The minimum atomic E-state index is 0. The Morgan fingerprint density at radius 2 is 0.375 bits per heavy atom. The van der Waals surface area contributed by atoms with Gasteiger partial charge in [-0.3, -0.25) is 0 Å². The van der Waals surface area contributed by atoms with Gasteiger partial charge in [0.05, 0.1) is 0 Å². The molecular weight excluding hydrogens is 275 g/mol. The standard InChI is InChI=1S/Al.7ClH/h;7*1H/q+3;;;;;;;/p-3. The van der Waals surface area contributed by atoms with Crippen LogP contribution in [0.1, 0.15) is 0 Å². The Kier molecular flexibility index (Phi) is 1960. The van der Waals surface area contributed by atoms with Crippen LogP contribution < -0.4 is 37.2 Å². The molecule has 56 valence electrons. The summed E-state index contributed by atoms with van der Waals surface area (Å²) < 4.78 is 0. The van der Waals surface area contributed by atoms with Gasteiger partial charge in [-0.05, 0) is 0 Å². The van der Waals surface area contributed by atoms with E-state index in [1.165, 1.54) is 0 Å². The summed E-state index contributed by atoms with van der Waals surface area (Å²) >= 11 is 0. The van der Waals surface area contributed by atoms with Crippen molar-refractivity contribution >= 4 is 67.0 Å². The second kappa shape index (κ2) is 107. The Hall–Kier alpha value is 2.56. The summed E-state index contributed by atoms with van der Waals surface area (Å²) in [6.45, 7) is 0. The van der Waals surface area contributed by atoms with Gasteiger partial charge < -0.3 is 37.2 Å². The molecule has 0 atom stereocenters. The minimum Gasteiger partial charge on any atom is -1.00 e. The summed E-state index contributed by atoms with van der Waals surface area (Å²) in [6, 6.07) is 0. The maximum Gasteiger partial charge on any atom is 3.00 e. The monoisotopic (exact) mass is 276 g/mol. The summed E-state index contributed by atoms with van der Waals surface area (Å²) in [7, 11) is 0. The van der Waals surface area contributed by atoms with E-state index in [4.69, 9.17) is 0 Å². The van der Waals surface area contributed by atoms with Crippen LogP contribution in [0, 0.1) is 0 Å². The quantitative estimate of drug-likeness (QED) is 0.387. The van der Waals surface area contributed by atoms with Crippen LogP contribution in [0.2, 0.25) is 0 Å². The van der Waals surface area contributed by atoms with E-state index in [-0.39, 0.29) is 104 Å². The van der Waals surface area contributed by atoms with Gasteiger partial charge in [-0.15, -0.1) is 49.6 Å².